The molecule has 1 aromatic rings. The molecular weight excluding hydrogens is 258 g/mol. The van der Waals surface area contributed by atoms with Gasteiger partial charge in [-0.2, -0.15) is 0 Å². The van der Waals surface area contributed by atoms with Crippen LogP contribution in [0.3, 0.4) is 0 Å². The maximum Gasteiger partial charge on any atom is 0.0572 e. The standard InChI is InChI=1S/C18H33N3/c1-7-16(8-2)21(13-14(4)5)17-10-11-18(20-12-17)15(6)19-9-3/h10-12,14-16,19H,7-9,13H2,1-6H3. The van der Waals surface area contributed by atoms with Gasteiger partial charge in [-0.25, -0.2) is 0 Å². The van der Waals surface area contributed by atoms with E-state index in [0.29, 0.717) is 18.0 Å². The van der Waals surface area contributed by atoms with E-state index in [9.17, 15) is 0 Å². The third-order valence-corrected chi connectivity index (χ3v) is 4.00. The van der Waals surface area contributed by atoms with Crippen molar-refractivity contribution >= 4 is 5.69 Å². The average molecular weight is 291 g/mol. The number of anilines is 1. The van der Waals surface area contributed by atoms with Crippen molar-refractivity contribution in [3.63, 3.8) is 0 Å². The molecule has 3 heteroatoms. The Morgan fingerprint density at radius 1 is 1.10 bits per heavy atom. The molecular formula is C18H33N3. The Kier molecular flexibility index (Phi) is 7.73. The van der Waals surface area contributed by atoms with E-state index in [-0.39, 0.29) is 0 Å². The number of hydrogen-bond acceptors (Lipinski definition) is 3. The van der Waals surface area contributed by atoms with Crippen LogP contribution in [-0.4, -0.2) is 24.1 Å². The van der Waals surface area contributed by atoms with Crippen LogP contribution in [0, 0.1) is 5.92 Å². The highest BCUT2D eigenvalue weighted by Gasteiger charge is 2.17. The minimum absolute atomic E-state index is 0.316. The molecule has 1 atom stereocenters. The van der Waals surface area contributed by atoms with E-state index in [1.54, 1.807) is 0 Å². The molecule has 0 radical (unpaired) electrons. The van der Waals surface area contributed by atoms with Gasteiger partial charge in [0.2, 0.25) is 0 Å². The fourth-order valence-electron chi connectivity index (χ4n) is 2.82. The summed E-state index contributed by atoms with van der Waals surface area (Å²) >= 11 is 0. The lowest BCUT2D eigenvalue weighted by Crippen LogP contribution is -2.37. The van der Waals surface area contributed by atoms with Gasteiger partial charge in [-0.15, -0.1) is 0 Å². The summed E-state index contributed by atoms with van der Waals surface area (Å²) in [5, 5.41) is 3.41. The Labute approximate surface area is 131 Å². The highest BCUT2D eigenvalue weighted by Crippen LogP contribution is 2.22. The molecule has 0 amide bonds. The molecule has 1 N–H and O–H groups in total. The van der Waals surface area contributed by atoms with Crippen molar-refractivity contribution in [2.24, 2.45) is 5.92 Å². The normalized spacial score (nSPS) is 13.0. The average Bonchev–Trinajstić information content (AvgIpc) is 2.47. The first-order chi connectivity index (χ1) is 10.0. The number of pyridine rings is 1. The summed E-state index contributed by atoms with van der Waals surface area (Å²) in [4.78, 5) is 7.20. The van der Waals surface area contributed by atoms with Gasteiger partial charge in [-0.1, -0.05) is 34.6 Å². The Balaban J connectivity index is 2.92. The second-order valence-corrected chi connectivity index (χ2v) is 6.24. The molecule has 21 heavy (non-hydrogen) atoms. The van der Waals surface area contributed by atoms with Crippen molar-refractivity contribution in [2.75, 3.05) is 18.0 Å². The van der Waals surface area contributed by atoms with Crippen LogP contribution in [0.15, 0.2) is 18.3 Å². The first-order valence-electron chi connectivity index (χ1n) is 8.49. The lowest BCUT2D eigenvalue weighted by atomic mass is 10.1. The maximum absolute atomic E-state index is 4.67. The summed E-state index contributed by atoms with van der Waals surface area (Å²) in [5.74, 6) is 0.658. The Morgan fingerprint density at radius 3 is 2.19 bits per heavy atom. The second-order valence-electron chi connectivity index (χ2n) is 6.24. The molecule has 0 spiro atoms. The van der Waals surface area contributed by atoms with Gasteiger partial charge in [-0.05, 0) is 44.4 Å². The van der Waals surface area contributed by atoms with Gasteiger partial charge in [0.25, 0.3) is 0 Å². The third kappa shape index (κ3) is 5.31. The molecule has 0 saturated carbocycles. The Hall–Kier alpha value is -1.09. The van der Waals surface area contributed by atoms with E-state index in [1.807, 2.05) is 6.20 Å². The zero-order chi connectivity index (χ0) is 15.8. The van der Waals surface area contributed by atoms with Gasteiger partial charge in [0.15, 0.2) is 0 Å². The SMILES string of the molecule is CCNC(C)c1ccc(N(CC(C)C)C(CC)CC)cn1. The highest BCUT2D eigenvalue weighted by molar-refractivity contribution is 5.46. The molecule has 0 aromatic carbocycles. The minimum atomic E-state index is 0.316. The van der Waals surface area contributed by atoms with Crippen molar-refractivity contribution < 1.29 is 0 Å². The van der Waals surface area contributed by atoms with Crippen LogP contribution in [0.4, 0.5) is 5.69 Å². The molecule has 1 aromatic heterocycles. The van der Waals surface area contributed by atoms with E-state index in [4.69, 9.17) is 0 Å². The fraction of sp³-hybridized carbons (Fsp3) is 0.722. The molecule has 0 aliphatic heterocycles. The zero-order valence-electron chi connectivity index (χ0n) is 14.7. The predicted molar refractivity (Wildman–Crippen MR) is 92.9 cm³/mol. The van der Waals surface area contributed by atoms with Crippen molar-refractivity contribution in [3.05, 3.63) is 24.0 Å². The minimum Gasteiger partial charge on any atom is -0.367 e. The number of nitrogens with zero attached hydrogens (tertiary/aromatic N) is 2. The predicted octanol–water partition coefficient (Wildman–Crippen LogP) is 4.40. The number of aromatic nitrogens is 1. The van der Waals surface area contributed by atoms with E-state index in [1.165, 1.54) is 18.5 Å². The maximum atomic E-state index is 4.67. The van der Waals surface area contributed by atoms with Gasteiger partial charge in [0.1, 0.15) is 0 Å². The van der Waals surface area contributed by atoms with Crippen LogP contribution in [0.25, 0.3) is 0 Å². The molecule has 120 valence electrons. The largest absolute Gasteiger partial charge is 0.367 e. The van der Waals surface area contributed by atoms with E-state index < -0.39 is 0 Å². The van der Waals surface area contributed by atoms with Crippen LogP contribution in [0.1, 0.15) is 66.1 Å². The molecule has 0 aliphatic rings. The van der Waals surface area contributed by atoms with E-state index in [0.717, 1.165) is 18.8 Å². The number of nitrogens with one attached hydrogen (secondary N) is 1. The van der Waals surface area contributed by atoms with Crippen molar-refractivity contribution in [1.82, 2.24) is 10.3 Å². The van der Waals surface area contributed by atoms with Gasteiger partial charge < -0.3 is 10.2 Å². The molecule has 3 nitrogen and oxygen atoms in total. The quantitative estimate of drug-likeness (QED) is 0.731. The summed E-state index contributed by atoms with van der Waals surface area (Å²) in [6, 6.07) is 5.32. The molecule has 0 saturated heterocycles. The summed E-state index contributed by atoms with van der Waals surface area (Å²) in [6.07, 6.45) is 4.40. The first kappa shape index (κ1) is 18.0. The smallest absolute Gasteiger partial charge is 0.0572 e. The van der Waals surface area contributed by atoms with Gasteiger partial charge >= 0.3 is 0 Å². The summed E-state index contributed by atoms with van der Waals surface area (Å²) in [5.41, 5.74) is 2.37. The van der Waals surface area contributed by atoms with Crippen LogP contribution in [-0.2, 0) is 0 Å². The molecule has 1 unspecified atom stereocenters. The van der Waals surface area contributed by atoms with Crippen molar-refractivity contribution in [3.8, 4) is 0 Å². The molecule has 1 heterocycles. The molecule has 1 rings (SSSR count). The fourth-order valence-corrected chi connectivity index (χ4v) is 2.82. The first-order valence-corrected chi connectivity index (χ1v) is 8.49. The van der Waals surface area contributed by atoms with Crippen LogP contribution in [0.2, 0.25) is 0 Å². The zero-order valence-corrected chi connectivity index (χ0v) is 14.7. The van der Waals surface area contributed by atoms with Crippen LogP contribution in [0.5, 0.6) is 0 Å². The highest BCUT2D eigenvalue weighted by atomic mass is 15.2. The number of rotatable bonds is 9. The van der Waals surface area contributed by atoms with Gasteiger partial charge in [0.05, 0.1) is 17.6 Å². The van der Waals surface area contributed by atoms with Gasteiger partial charge in [-0.3, -0.25) is 4.98 Å². The lowest BCUT2D eigenvalue weighted by molar-refractivity contribution is 0.506. The Morgan fingerprint density at radius 2 is 1.76 bits per heavy atom. The molecule has 0 aliphatic carbocycles. The molecule has 0 fully saturated rings. The second kappa shape index (κ2) is 9.04. The monoisotopic (exact) mass is 291 g/mol. The van der Waals surface area contributed by atoms with Crippen molar-refractivity contribution in [1.29, 1.82) is 0 Å². The lowest BCUT2D eigenvalue weighted by Gasteiger charge is -2.34. The topological polar surface area (TPSA) is 28.2 Å². The van der Waals surface area contributed by atoms with Gasteiger partial charge in [0, 0.05) is 18.6 Å². The van der Waals surface area contributed by atoms with E-state index >= 15 is 0 Å². The summed E-state index contributed by atoms with van der Waals surface area (Å²) in [7, 11) is 0. The van der Waals surface area contributed by atoms with Crippen molar-refractivity contribution in [2.45, 2.75) is 66.5 Å². The summed E-state index contributed by atoms with van der Waals surface area (Å²) < 4.78 is 0. The third-order valence-electron chi connectivity index (χ3n) is 4.00. The summed E-state index contributed by atoms with van der Waals surface area (Å²) in [6.45, 7) is 15.5. The van der Waals surface area contributed by atoms with E-state index in [2.05, 4.69) is 68.9 Å². The van der Waals surface area contributed by atoms with Crippen LogP contribution < -0.4 is 10.2 Å². The Bertz CT molecular complexity index is 382. The number of hydrogen-bond donors (Lipinski definition) is 1. The molecule has 0 bridgehead atoms. The van der Waals surface area contributed by atoms with Crippen LogP contribution >= 0.6 is 0 Å².